The Morgan fingerprint density at radius 3 is 2.71 bits per heavy atom. The number of methoxy groups -OCH3 is 1. The van der Waals surface area contributed by atoms with Crippen molar-refractivity contribution in [2.45, 2.75) is 6.92 Å². The van der Waals surface area contributed by atoms with Crippen LogP contribution < -0.4 is 25.5 Å². The van der Waals surface area contributed by atoms with Crippen LogP contribution in [0.3, 0.4) is 0 Å². The Morgan fingerprint density at radius 2 is 1.96 bits per heavy atom. The molecule has 0 radical (unpaired) electrons. The van der Waals surface area contributed by atoms with E-state index in [1.54, 1.807) is 36.4 Å². The van der Waals surface area contributed by atoms with Crippen molar-refractivity contribution in [1.82, 2.24) is 10.7 Å². The van der Waals surface area contributed by atoms with Crippen molar-refractivity contribution in [1.29, 1.82) is 0 Å². The molecule has 0 aromatic heterocycles. The summed E-state index contributed by atoms with van der Waals surface area (Å²) in [6, 6.07) is 11.1. The standard InChI is InChI=1S/C19H22N4O5/c1-3-28-16-7-5-4-6-14(16)22-19(26)20-12-18(25)23-21-11-13-8-9-15(24)17(10-13)27-2/h4-11,24H,3,12H2,1-2H3,(H,23,25)(H2,20,22,26). The highest BCUT2D eigenvalue weighted by Gasteiger charge is 2.08. The molecule has 0 heterocycles. The molecule has 0 saturated heterocycles. The first-order chi connectivity index (χ1) is 13.5. The topological polar surface area (TPSA) is 121 Å². The highest BCUT2D eigenvalue weighted by Crippen LogP contribution is 2.25. The van der Waals surface area contributed by atoms with Gasteiger partial charge in [0.25, 0.3) is 5.91 Å². The molecule has 0 spiro atoms. The number of anilines is 1. The lowest BCUT2D eigenvalue weighted by Gasteiger charge is -2.11. The number of phenols is 1. The van der Waals surface area contributed by atoms with E-state index in [1.807, 2.05) is 6.92 Å². The van der Waals surface area contributed by atoms with Gasteiger partial charge in [0, 0.05) is 0 Å². The van der Waals surface area contributed by atoms with Gasteiger partial charge in [-0.05, 0) is 42.8 Å². The van der Waals surface area contributed by atoms with Gasteiger partial charge in [-0.3, -0.25) is 4.79 Å². The summed E-state index contributed by atoms with van der Waals surface area (Å²) in [6.07, 6.45) is 1.39. The van der Waals surface area contributed by atoms with Gasteiger partial charge in [-0.2, -0.15) is 5.10 Å². The molecule has 148 valence electrons. The second-order valence-electron chi connectivity index (χ2n) is 5.46. The number of phenolic OH excluding ortho intramolecular Hbond substituents is 1. The summed E-state index contributed by atoms with van der Waals surface area (Å²) < 4.78 is 10.4. The van der Waals surface area contributed by atoms with Crippen LogP contribution in [0.4, 0.5) is 10.5 Å². The SMILES string of the molecule is CCOc1ccccc1NC(=O)NCC(=O)NN=Cc1ccc(O)c(OC)c1. The van der Waals surface area contributed by atoms with Crippen molar-refractivity contribution in [2.75, 3.05) is 25.6 Å². The van der Waals surface area contributed by atoms with E-state index in [-0.39, 0.29) is 12.3 Å². The third-order valence-electron chi connectivity index (χ3n) is 3.45. The van der Waals surface area contributed by atoms with Crippen LogP contribution in [-0.4, -0.2) is 43.5 Å². The zero-order valence-electron chi connectivity index (χ0n) is 15.6. The predicted molar refractivity (Wildman–Crippen MR) is 105 cm³/mol. The summed E-state index contributed by atoms with van der Waals surface area (Å²) in [6.45, 7) is 2.04. The Hall–Kier alpha value is -3.75. The maximum Gasteiger partial charge on any atom is 0.319 e. The van der Waals surface area contributed by atoms with Crippen LogP contribution >= 0.6 is 0 Å². The van der Waals surface area contributed by atoms with Crippen LogP contribution in [0.1, 0.15) is 12.5 Å². The molecule has 9 heteroatoms. The molecule has 9 nitrogen and oxygen atoms in total. The highest BCUT2D eigenvalue weighted by molar-refractivity contribution is 5.93. The monoisotopic (exact) mass is 386 g/mol. The molecule has 0 aliphatic rings. The first kappa shape index (κ1) is 20.6. The summed E-state index contributed by atoms with van der Waals surface area (Å²) in [5, 5.41) is 18.4. The average Bonchev–Trinajstić information content (AvgIpc) is 2.69. The van der Waals surface area contributed by atoms with E-state index in [0.717, 1.165) is 0 Å². The average molecular weight is 386 g/mol. The molecule has 0 aliphatic heterocycles. The van der Waals surface area contributed by atoms with Crippen LogP contribution in [-0.2, 0) is 4.79 Å². The molecule has 0 aliphatic carbocycles. The summed E-state index contributed by atoms with van der Waals surface area (Å²) in [5.41, 5.74) is 3.41. The maximum absolute atomic E-state index is 11.9. The number of hydrogen-bond donors (Lipinski definition) is 4. The van der Waals surface area contributed by atoms with Crippen molar-refractivity contribution >= 4 is 23.8 Å². The largest absolute Gasteiger partial charge is 0.504 e. The minimum atomic E-state index is -0.547. The van der Waals surface area contributed by atoms with E-state index >= 15 is 0 Å². The molecule has 0 bridgehead atoms. The molecule has 3 amide bonds. The lowest BCUT2D eigenvalue weighted by molar-refractivity contribution is -0.120. The number of rotatable bonds is 8. The number of carbonyl (C=O) groups is 2. The molecule has 2 aromatic carbocycles. The first-order valence-corrected chi connectivity index (χ1v) is 8.49. The van der Waals surface area contributed by atoms with E-state index in [2.05, 4.69) is 21.2 Å². The molecule has 28 heavy (non-hydrogen) atoms. The molecular formula is C19H22N4O5. The number of carbonyl (C=O) groups excluding carboxylic acids is 2. The van der Waals surface area contributed by atoms with Gasteiger partial charge in [-0.25, -0.2) is 10.2 Å². The molecule has 0 atom stereocenters. The predicted octanol–water partition coefficient (Wildman–Crippen LogP) is 2.07. The molecule has 0 saturated carbocycles. The summed E-state index contributed by atoms with van der Waals surface area (Å²) >= 11 is 0. The third kappa shape index (κ3) is 6.20. The number of amides is 3. The van der Waals surface area contributed by atoms with Crippen molar-refractivity contribution in [3.8, 4) is 17.2 Å². The minimum Gasteiger partial charge on any atom is -0.504 e. The number of hydrazone groups is 1. The fourth-order valence-corrected chi connectivity index (χ4v) is 2.17. The van der Waals surface area contributed by atoms with E-state index in [1.165, 1.54) is 19.4 Å². The lowest BCUT2D eigenvalue weighted by Crippen LogP contribution is -2.37. The van der Waals surface area contributed by atoms with E-state index in [4.69, 9.17) is 9.47 Å². The first-order valence-electron chi connectivity index (χ1n) is 8.49. The van der Waals surface area contributed by atoms with Crippen molar-refractivity contribution < 1.29 is 24.2 Å². The molecule has 0 fully saturated rings. The molecule has 4 N–H and O–H groups in total. The number of para-hydroxylation sites is 2. The normalized spacial score (nSPS) is 10.4. The zero-order valence-corrected chi connectivity index (χ0v) is 15.6. The lowest BCUT2D eigenvalue weighted by atomic mass is 10.2. The number of urea groups is 1. The smallest absolute Gasteiger partial charge is 0.319 e. The molecule has 0 unspecified atom stereocenters. The molecule has 2 aromatic rings. The number of ether oxygens (including phenoxy) is 2. The number of hydrogen-bond acceptors (Lipinski definition) is 6. The van der Waals surface area contributed by atoms with Crippen LogP contribution in [0.5, 0.6) is 17.2 Å². The van der Waals surface area contributed by atoms with Crippen LogP contribution in [0.25, 0.3) is 0 Å². The van der Waals surface area contributed by atoms with E-state index in [9.17, 15) is 14.7 Å². The third-order valence-corrected chi connectivity index (χ3v) is 3.45. The van der Waals surface area contributed by atoms with Crippen LogP contribution in [0.15, 0.2) is 47.6 Å². The highest BCUT2D eigenvalue weighted by atomic mass is 16.5. The van der Waals surface area contributed by atoms with Crippen LogP contribution in [0.2, 0.25) is 0 Å². The van der Waals surface area contributed by atoms with Gasteiger partial charge in [-0.1, -0.05) is 12.1 Å². The summed E-state index contributed by atoms with van der Waals surface area (Å²) in [5.74, 6) is 0.333. The number of aromatic hydroxyl groups is 1. The summed E-state index contributed by atoms with van der Waals surface area (Å²) in [4.78, 5) is 23.7. The van der Waals surface area contributed by atoms with Gasteiger partial charge in [0.15, 0.2) is 11.5 Å². The number of benzene rings is 2. The molecular weight excluding hydrogens is 364 g/mol. The van der Waals surface area contributed by atoms with Gasteiger partial charge in [0.2, 0.25) is 0 Å². The van der Waals surface area contributed by atoms with Gasteiger partial charge in [0.1, 0.15) is 12.3 Å². The van der Waals surface area contributed by atoms with Crippen molar-refractivity contribution in [3.63, 3.8) is 0 Å². The quantitative estimate of drug-likeness (QED) is 0.409. The van der Waals surface area contributed by atoms with E-state index in [0.29, 0.717) is 29.4 Å². The number of nitrogens with one attached hydrogen (secondary N) is 3. The Labute approximate surface area is 162 Å². The Kier molecular flexibility index (Phi) is 7.64. The Morgan fingerprint density at radius 1 is 1.18 bits per heavy atom. The minimum absolute atomic E-state index is 0.00445. The van der Waals surface area contributed by atoms with Crippen LogP contribution in [0, 0.1) is 0 Å². The fourth-order valence-electron chi connectivity index (χ4n) is 2.17. The fraction of sp³-hybridized carbons (Fsp3) is 0.211. The number of nitrogens with zero attached hydrogens (tertiary/aromatic N) is 1. The summed E-state index contributed by atoms with van der Waals surface area (Å²) in [7, 11) is 1.43. The zero-order chi connectivity index (χ0) is 20.4. The van der Waals surface area contributed by atoms with Gasteiger partial charge < -0.3 is 25.2 Å². The maximum atomic E-state index is 11.9. The van der Waals surface area contributed by atoms with Crippen molar-refractivity contribution in [2.24, 2.45) is 5.10 Å². The van der Waals surface area contributed by atoms with Gasteiger partial charge >= 0.3 is 6.03 Å². The van der Waals surface area contributed by atoms with Crippen molar-refractivity contribution in [3.05, 3.63) is 48.0 Å². The second kappa shape index (κ2) is 10.4. The molecule has 2 rings (SSSR count). The van der Waals surface area contributed by atoms with E-state index < -0.39 is 11.9 Å². The van der Waals surface area contributed by atoms with Gasteiger partial charge in [0.05, 0.1) is 25.6 Å². The van der Waals surface area contributed by atoms with Gasteiger partial charge in [-0.15, -0.1) is 0 Å². The Bertz CT molecular complexity index is 854. The second-order valence-corrected chi connectivity index (χ2v) is 5.46. The Balaban J connectivity index is 1.80.